The summed E-state index contributed by atoms with van der Waals surface area (Å²) in [6.07, 6.45) is 3.81. The van der Waals surface area contributed by atoms with Gasteiger partial charge in [0.05, 0.1) is 0 Å². The van der Waals surface area contributed by atoms with Crippen LogP contribution in [-0.4, -0.2) is 42.2 Å². The summed E-state index contributed by atoms with van der Waals surface area (Å²) in [5.74, 6) is 1.10. The van der Waals surface area contributed by atoms with Crippen molar-refractivity contribution in [2.75, 3.05) is 37.5 Å². The molecule has 6 nitrogen and oxygen atoms in total. The number of nitrogens with one attached hydrogen (secondary N) is 1. The third kappa shape index (κ3) is 4.26. The zero-order chi connectivity index (χ0) is 12.7. The Bertz CT molecular complexity index is 378. The molecular weight excluding hydrogens is 218 g/mol. The molecule has 0 bridgehead atoms. The fraction of sp³-hybridized carbons (Fsp3) is 0.545. The predicted octanol–water partition coefficient (Wildman–Crippen LogP) is 1.32. The van der Waals surface area contributed by atoms with Gasteiger partial charge in [-0.3, -0.25) is 0 Å². The molecule has 0 unspecified atom stereocenters. The average Bonchev–Trinajstić information content (AvgIpc) is 2.29. The zero-order valence-corrected chi connectivity index (χ0v) is 10.8. The van der Waals surface area contributed by atoms with Gasteiger partial charge in [0.1, 0.15) is 6.61 Å². The summed E-state index contributed by atoms with van der Waals surface area (Å²) in [5, 5.41) is 3.05. The summed E-state index contributed by atoms with van der Waals surface area (Å²) in [7, 11) is 3.75. The molecular formula is C11H19N5O. The van der Waals surface area contributed by atoms with E-state index in [2.05, 4.69) is 20.3 Å². The molecule has 0 spiro atoms. The van der Waals surface area contributed by atoms with Gasteiger partial charge >= 0.3 is 6.01 Å². The summed E-state index contributed by atoms with van der Waals surface area (Å²) < 4.78 is 5.41. The van der Waals surface area contributed by atoms with E-state index in [0.29, 0.717) is 24.5 Å². The molecule has 1 N–H and O–H groups in total. The number of anilines is 2. The van der Waals surface area contributed by atoms with E-state index in [1.807, 2.05) is 45.0 Å². The molecule has 1 heterocycles. The topological polar surface area (TPSA) is 63.2 Å². The molecule has 1 aromatic rings. The zero-order valence-electron chi connectivity index (χ0n) is 10.8. The van der Waals surface area contributed by atoms with Gasteiger partial charge in [0.15, 0.2) is 0 Å². The van der Waals surface area contributed by atoms with Crippen LogP contribution in [0.3, 0.4) is 0 Å². The maximum absolute atomic E-state index is 5.41. The van der Waals surface area contributed by atoms with Crippen LogP contribution in [0.2, 0.25) is 0 Å². The van der Waals surface area contributed by atoms with Crippen LogP contribution in [0.5, 0.6) is 6.01 Å². The van der Waals surface area contributed by atoms with Gasteiger partial charge in [-0.2, -0.15) is 15.0 Å². The quantitative estimate of drug-likeness (QED) is 0.753. The van der Waals surface area contributed by atoms with E-state index in [9.17, 15) is 0 Å². The Kier molecular flexibility index (Phi) is 5.19. The molecule has 0 saturated heterocycles. The van der Waals surface area contributed by atoms with Crippen molar-refractivity contribution in [1.29, 1.82) is 0 Å². The van der Waals surface area contributed by atoms with E-state index in [-0.39, 0.29) is 0 Å². The summed E-state index contributed by atoms with van der Waals surface area (Å²) in [5.41, 5.74) is 0. The smallest absolute Gasteiger partial charge is 0.323 e. The fourth-order valence-electron chi connectivity index (χ4n) is 1.07. The van der Waals surface area contributed by atoms with Gasteiger partial charge in [-0.15, -0.1) is 0 Å². The molecule has 0 fully saturated rings. The van der Waals surface area contributed by atoms with Crippen molar-refractivity contribution in [1.82, 2.24) is 15.0 Å². The first kappa shape index (κ1) is 13.2. The van der Waals surface area contributed by atoms with Crippen molar-refractivity contribution in [2.45, 2.75) is 13.8 Å². The highest BCUT2D eigenvalue weighted by Crippen LogP contribution is 2.12. The predicted molar refractivity (Wildman–Crippen MR) is 68.6 cm³/mol. The Morgan fingerprint density at radius 1 is 1.29 bits per heavy atom. The number of nitrogens with zero attached hydrogens (tertiary/aromatic N) is 4. The number of rotatable bonds is 6. The van der Waals surface area contributed by atoms with Crippen LogP contribution >= 0.6 is 0 Å². The molecule has 0 atom stereocenters. The Morgan fingerprint density at radius 3 is 2.65 bits per heavy atom. The minimum absolute atomic E-state index is 0.331. The van der Waals surface area contributed by atoms with Crippen LogP contribution < -0.4 is 15.0 Å². The molecule has 6 heteroatoms. The lowest BCUT2D eigenvalue weighted by atomic mass is 10.6. The maximum atomic E-state index is 5.41. The van der Waals surface area contributed by atoms with E-state index in [4.69, 9.17) is 4.74 Å². The lowest BCUT2D eigenvalue weighted by Crippen LogP contribution is -2.16. The molecule has 1 aromatic heterocycles. The second kappa shape index (κ2) is 6.67. The second-order valence-electron chi connectivity index (χ2n) is 3.55. The first-order chi connectivity index (χ1) is 8.17. The van der Waals surface area contributed by atoms with Gasteiger partial charge in [-0.1, -0.05) is 12.2 Å². The van der Waals surface area contributed by atoms with Crippen molar-refractivity contribution < 1.29 is 4.74 Å². The van der Waals surface area contributed by atoms with Gasteiger partial charge in [0.25, 0.3) is 0 Å². The van der Waals surface area contributed by atoms with E-state index in [1.165, 1.54) is 0 Å². The lowest BCUT2D eigenvalue weighted by molar-refractivity contribution is 0.332. The monoisotopic (exact) mass is 237 g/mol. The van der Waals surface area contributed by atoms with Crippen LogP contribution in [-0.2, 0) is 0 Å². The Morgan fingerprint density at radius 2 is 2.06 bits per heavy atom. The van der Waals surface area contributed by atoms with E-state index in [1.54, 1.807) is 0 Å². The molecule has 0 aliphatic carbocycles. The number of allylic oxidation sites excluding steroid dienone is 1. The molecule has 0 saturated carbocycles. The van der Waals surface area contributed by atoms with Gasteiger partial charge in [-0.05, 0) is 13.8 Å². The molecule has 1 rings (SSSR count). The molecule has 0 aromatic carbocycles. The van der Waals surface area contributed by atoms with Gasteiger partial charge in [0, 0.05) is 20.6 Å². The number of ether oxygens (including phenoxy) is 1. The number of hydrogen-bond acceptors (Lipinski definition) is 6. The van der Waals surface area contributed by atoms with Gasteiger partial charge < -0.3 is 15.0 Å². The number of aromatic nitrogens is 3. The third-order valence-corrected chi connectivity index (χ3v) is 1.88. The van der Waals surface area contributed by atoms with Crippen LogP contribution in [0, 0.1) is 0 Å². The van der Waals surface area contributed by atoms with Crippen molar-refractivity contribution in [3.05, 3.63) is 12.2 Å². The average molecular weight is 237 g/mol. The highest BCUT2D eigenvalue weighted by molar-refractivity contribution is 5.36. The SMILES string of the molecule is C/C=C/COc1nc(NCC)nc(N(C)C)n1. The standard InChI is InChI=1S/C11H19N5O/c1-5-7-8-17-11-14-9(12-6-2)13-10(15-11)16(3)4/h5,7H,6,8H2,1-4H3,(H,12,13,14,15)/b7-5+. The van der Waals surface area contributed by atoms with Crippen molar-refractivity contribution >= 4 is 11.9 Å². The normalized spacial score (nSPS) is 10.6. The van der Waals surface area contributed by atoms with Crippen LogP contribution in [0.1, 0.15) is 13.8 Å². The third-order valence-electron chi connectivity index (χ3n) is 1.88. The maximum Gasteiger partial charge on any atom is 0.323 e. The molecule has 0 aliphatic rings. The first-order valence-corrected chi connectivity index (χ1v) is 5.58. The molecule has 17 heavy (non-hydrogen) atoms. The minimum Gasteiger partial charge on any atom is -0.459 e. The van der Waals surface area contributed by atoms with E-state index < -0.39 is 0 Å². The first-order valence-electron chi connectivity index (χ1n) is 5.58. The van der Waals surface area contributed by atoms with Crippen LogP contribution in [0.15, 0.2) is 12.2 Å². The minimum atomic E-state index is 0.331. The Balaban J connectivity index is 2.87. The van der Waals surface area contributed by atoms with E-state index >= 15 is 0 Å². The molecule has 0 radical (unpaired) electrons. The summed E-state index contributed by atoms with van der Waals surface area (Å²) in [4.78, 5) is 14.4. The largest absolute Gasteiger partial charge is 0.459 e. The van der Waals surface area contributed by atoms with Crippen molar-refractivity contribution in [3.8, 4) is 6.01 Å². The highest BCUT2D eigenvalue weighted by Gasteiger charge is 2.07. The van der Waals surface area contributed by atoms with Gasteiger partial charge in [-0.25, -0.2) is 0 Å². The lowest BCUT2D eigenvalue weighted by Gasteiger charge is -2.12. The Labute approximate surface area is 102 Å². The van der Waals surface area contributed by atoms with Crippen LogP contribution in [0.4, 0.5) is 11.9 Å². The molecule has 94 valence electrons. The summed E-state index contributed by atoms with van der Waals surface area (Å²) in [6.45, 7) is 5.13. The highest BCUT2D eigenvalue weighted by atomic mass is 16.5. The second-order valence-corrected chi connectivity index (χ2v) is 3.55. The molecule has 0 aliphatic heterocycles. The van der Waals surface area contributed by atoms with Crippen molar-refractivity contribution in [2.24, 2.45) is 0 Å². The number of hydrogen-bond donors (Lipinski definition) is 1. The van der Waals surface area contributed by atoms with Crippen LogP contribution in [0.25, 0.3) is 0 Å². The van der Waals surface area contributed by atoms with E-state index in [0.717, 1.165) is 6.54 Å². The Hall–Kier alpha value is -1.85. The summed E-state index contributed by atoms with van der Waals surface area (Å²) >= 11 is 0. The van der Waals surface area contributed by atoms with Crippen molar-refractivity contribution in [3.63, 3.8) is 0 Å². The summed E-state index contributed by atoms with van der Waals surface area (Å²) in [6, 6.07) is 0.331. The fourth-order valence-corrected chi connectivity index (χ4v) is 1.07. The molecule has 0 amide bonds. The van der Waals surface area contributed by atoms with Gasteiger partial charge in [0.2, 0.25) is 11.9 Å².